The van der Waals surface area contributed by atoms with Gasteiger partial charge in [-0.1, -0.05) is 47.5 Å². The monoisotopic (exact) mass is 287 g/mol. The third kappa shape index (κ3) is 2.40. The smallest absolute Gasteiger partial charge is 0.288 e. The van der Waals surface area contributed by atoms with Gasteiger partial charge in [0.15, 0.2) is 0 Å². The molecule has 0 saturated heterocycles. The van der Waals surface area contributed by atoms with Gasteiger partial charge in [-0.05, 0) is 44.0 Å². The molecular formula is C19H17N3. The van der Waals surface area contributed by atoms with Crippen LogP contribution in [0.25, 0.3) is 21.9 Å². The Balaban J connectivity index is 2.29. The summed E-state index contributed by atoms with van der Waals surface area (Å²) in [7, 11) is 0. The van der Waals surface area contributed by atoms with Crippen molar-refractivity contribution in [3.63, 3.8) is 0 Å². The fourth-order valence-corrected chi connectivity index (χ4v) is 2.94. The van der Waals surface area contributed by atoms with Gasteiger partial charge in [-0.15, -0.1) is 0 Å². The Hall–Kier alpha value is -2.86. The molecule has 3 nitrogen and oxygen atoms in total. The number of aromatic nitrogens is 2. The first-order chi connectivity index (χ1) is 10.6. The zero-order chi connectivity index (χ0) is 15.7. The first-order valence-electron chi connectivity index (χ1n) is 7.20. The molecule has 0 saturated carbocycles. The molecule has 2 aromatic carbocycles. The topological polar surface area (TPSA) is 22.2 Å². The highest BCUT2D eigenvalue weighted by molar-refractivity contribution is 5.64. The molecule has 3 rings (SSSR count). The molecule has 0 bridgehead atoms. The Labute approximate surface area is 130 Å². The molecule has 3 heteroatoms. The second-order valence-corrected chi connectivity index (χ2v) is 5.52. The standard InChI is InChI=1S/C19H17N3/c1-13-10-14(2)18(15(3)11-13)22-12-17(20-4)21-19(22)16-8-6-5-7-9-16/h5-12H,1-3H3. The van der Waals surface area contributed by atoms with E-state index in [1.54, 1.807) is 0 Å². The maximum Gasteiger partial charge on any atom is 0.288 e. The summed E-state index contributed by atoms with van der Waals surface area (Å²) in [5.74, 6) is 1.22. The maximum absolute atomic E-state index is 7.27. The second-order valence-electron chi connectivity index (χ2n) is 5.52. The van der Waals surface area contributed by atoms with Crippen molar-refractivity contribution in [3.8, 4) is 17.1 Å². The van der Waals surface area contributed by atoms with E-state index < -0.39 is 0 Å². The summed E-state index contributed by atoms with van der Waals surface area (Å²) in [5.41, 5.74) is 5.72. The number of aryl methyl sites for hydroxylation is 3. The molecule has 0 atom stereocenters. The quantitative estimate of drug-likeness (QED) is 0.607. The van der Waals surface area contributed by atoms with Gasteiger partial charge in [0.25, 0.3) is 5.82 Å². The molecule has 1 heterocycles. The summed E-state index contributed by atoms with van der Waals surface area (Å²) in [6, 6.07) is 14.3. The molecule has 0 amide bonds. The summed E-state index contributed by atoms with van der Waals surface area (Å²) in [5, 5.41) is 0. The van der Waals surface area contributed by atoms with Crippen molar-refractivity contribution in [1.82, 2.24) is 9.55 Å². The van der Waals surface area contributed by atoms with Crippen molar-refractivity contribution in [2.75, 3.05) is 0 Å². The van der Waals surface area contributed by atoms with E-state index >= 15 is 0 Å². The molecule has 0 unspecified atom stereocenters. The zero-order valence-electron chi connectivity index (χ0n) is 13.0. The van der Waals surface area contributed by atoms with Crippen molar-refractivity contribution in [3.05, 3.63) is 76.8 Å². The van der Waals surface area contributed by atoms with Gasteiger partial charge in [0.1, 0.15) is 0 Å². The van der Waals surface area contributed by atoms with Crippen LogP contribution >= 0.6 is 0 Å². The van der Waals surface area contributed by atoms with Crippen molar-refractivity contribution in [2.24, 2.45) is 0 Å². The molecule has 0 fully saturated rings. The van der Waals surface area contributed by atoms with E-state index in [-0.39, 0.29) is 0 Å². The number of rotatable bonds is 2. The number of benzene rings is 2. The molecule has 3 aromatic rings. The van der Waals surface area contributed by atoms with E-state index in [0.717, 1.165) is 17.1 Å². The Morgan fingerprint density at radius 3 is 2.23 bits per heavy atom. The predicted molar refractivity (Wildman–Crippen MR) is 89.5 cm³/mol. The van der Waals surface area contributed by atoms with Crippen LogP contribution in [0, 0.1) is 27.3 Å². The Bertz CT molecular complexity index is 844. The summed E-state index contributed by atoms with van der Waals surface area (Å²) in [4.78, 5) is 7.99. The van der Waals surface area contributed by atoms with E-state index in [9.17, 15) is 0 Å². The van der Waals surface area contributed by atoms with Crippen LogP contribution in [-0.4, -0.2) is 9.55 Å². The molecular weight excluding hydrogens is 270 g/mol. The number of hydrogen-bond acceptors (Lipinski definition) is 1. The first kappa shape index (κ1) is 14.1. The lowest BCUT2D eigenvalue weighted by molar-refractivity contribution is 1.03. The van der Waals surface area contributed by atoms with Crippen molar-refractivity contribution in [1.29, 1.82) is 0 Å². The highest BCUT2D eigenvalue weighted by atomic mass is 15.1. The van der Waals surface area contributed by atoms with Crippen LogP contribution in [-0.2, 0) is 0 Å². The maximum atomic E-state index is 7.27. The lowest BCUT2D eigenvalue weighted by Gasteiger charge is -2.13. The Kier molecular flexibility index (Phi) is 3.52. The number of hydrogen-bond donors (Lipinski definition) is 0. The molecule has 0 radical (unpaired) electrons. The first-order valence-corrected chi connectivity index (χ1v) is 7.20. The molecule has 0 N–H and O–H groups in total. The summed E-state index contributed by atoms with van der Waals surface area (Å²) in [6.07, 6.45) is 1.82. The van der Waals surface area contributed by atoms with E-state index in [0.29, 0.717) is 5.82 Å². The van der Waals surface area contributed by atoms with Crippen LogP contribution in [0.1, 0.15) is 16.7 Å². The van der Waals surface area contributed by atoms with Crippen molar-refractivity contribution >= 4 is 5.82 Å². The van der Waals surface area contributed by atoms with Gasteiger partial charge in [0, 0.05) is 11.8 Å². The predicted octanol–water partition coefficient (Wildman–Crippen LogP) is 5.02. The zero-order valence-corrected chi connectivity index (χ0v) is 13.0. The summed E-state index contributed by atoms with van der Waals surface area (Å²) >= 11 is 0. The fourth-order valence-electron chi connectivity index (χ4n) is 2.94. The highest BCUT2D eigenvalue weighted by Gasteiger charge is 2.17. The number of imidazole rings is 1. The van der Waals surface area contributed by atoms with Crippen LogP contribution in [0.2, 0.25) is 0 Å². The molecule has 0 aliphatic heterocycles. The Morgan fingerprint density at radius 1 is 1.00 bits per heavy atom. The van der Waals surface area contributed by atoms with Gasteiger partial charge in [0.05, 0.1) is 5.69 Å². The normalized spacial score (nSPS) is 10.5. The van der Waals surface area contributed by atoms with E-state index in [1.807, 2.05) is 41.1 Å². The van der Waals surface area contributed by atoms with Crippen LogP contribution in [0.15, 0.2) is 48.7 Å². The highest BCUT2D eigenvalue weighted by Crippen LogP contribution is 2.30. The van der Waals surface area contributed by atoms with Gasteiger partial charge in [-0.25, -0.2) is 0 Å². The minimum Gasteiger partial charge on any atom is -0.359 e. The molecule has 22 heavy (non-hydrogen) atoms. The van der Waals surface area contributed by atoms with Crippen LogP contribution in [0.5, 0.6) is 0 Å². The molecule has 0 spiro atoms. The largest absolute Gasteiger partial charge is 0.359 e. The summed E-state index contributed by atoms with van der Waals surface area (Å²) < 4.78 is 2.03. The second kappa shape index (κ2) is 5.50. The number of nitrogens with zero attached hydrogens (tertiary/aromatic N) is 3. The van der Waals surface area contributed by atoms with Gasteiger partial charge >= 0.3 is 0 Å². The van der Waals surface area contributed by atoms with Gasteiger partial charge in [0.2, 0.25) is 5.82 Å². The van der Waals surface area contributed by atoms with E-state index in [4.69, 9.17) is 6.57 Å². The Morgan fingerprint density at radius 2 is 1.64 bits per heavy atom. The van der Waals surface area contributed by atoms with Crippen molar-refractivity contribution < 1.29 is 0 Å². The van der Waals surface area contributed by atoms with Crippen LogP contribution in [0.4, 0.5) is 5.82 Å². The van der Waals surface area contributed by atoms with Gasteiger partial charge in [-0.3, -0.25) is 4.57 Å². The SMILES string of the molecule is [C-]#[N+]c1cn(-c2c(C)cc(C)cc2C)c(-c2ccccc2)n1. The van der Waals surface area contributed by atoms with Crippen molar-refractivity contribution in [2.45, 2.75) is 20.8 Å². The third-order valence-corrected chi connectivity index (χ3v) is 3.72. The molecule has 108 valence electrons. The lowest BCUT2D eigenvalue weighted by atomic mass is 10.0. The minimum atomic E-state index is 0.415. The van der Waals surface area contributed by atoms with E-state index in [1.165, 1.54) is 16.7 Å². The van der Waals surface area contributed by atoms with Gasteiger partial charge in [-0.2, -0.15) is 0 Å². The summed E-state index contributed by atoms with van der Waals surface area (Å²) in [6.45, 7) is 13.6. The van der Waals surface area contributed by atoms with Crippen LogP contribution in [0.3, 0.4) is 0 Å². The van der Waals surface area contributed by atoms with E-state index in [2.05, 4.69) is 42.7 Å². The average Bonchev–Trinajstić information content (AvgIpc) is 2.91. The molecule has 0 aliphatic rings. The molecule has 0 aliphatic carbocycles. The molecule has 1 aromatic heterocycles. The van der Waals surface area contributed by atoms with Gasteiger partial charge < -0.3 is 4.85 Å². The lowest BCUT2D eigenvalue weighted by Crippen LogP contribution is -2.02. The third-order valence-electron chi connectivity index (χ3n) is 3.72. The van der Waals surface area contributed by atoms with Crippen LogP contribution < -0.4 is 0 Å². The fraction of sp³-hybridized carbons (Fsp3) is 0.158. The average molecular weight is 287 g/mol. The minimum absolute atomic E-state index is 0.415.